The van der Waals surface area contributed by atoms with Crippen molar-refractivity contribution < 1.29 is 0 Å². The van der Waals surface area contributed by atoms with E-state index >= 15 is 0 Å². The van der Waals surface area contributed by atoms with Gasteiger partial charge in [0.2, 0.25) is 0 Å². The fourth-order valence-corrected chi connectivity index (χ4v) is 1.62. The molecule has 0 radical (unpaired) electrons. The van der Waals surface area contributed by atoms with Gasteiger partial charge in [0.05, 0.1) is 0 Å². The van der Waals surface area contributed by atoms with Gasteiger partial charge in [0.15, 0.2) is 6.04 Å². The molecular weight excluding hydrogens is 124 g/mol. The van der Waals surface area contributed by atoms with Crippen molar-refractivity contribution in [1.82, 2.24) is 0 Å². The second-order valence-electron chi connectivity index (χ2n) is 3.18. The zero-order chi connectivity index (χ0) is 7.40. The third kappa shape index (κ3) is 1.91. The lowest BCUT2D eigenvalue weighted by molar-refractivity contribution is 0.370. The summed E-state index contributed by atoms with van der Waals surface area (Å²) in [6.07, 6.45) is 7.44. The van der Waals surface area contributed by atoms with E-state index in [0.717, 1.165) is 5.92 Å². The molecule has 2 unspecified atom stereocenters. The number of rotatable bonds is 0. The molecule has 0 aromatic heterocycles. The molecule has 0 amide bonds. The Bertz CT molecular complexity index is 154. The minimum Gasteiger partial charge on any atom is -0.236 e. The van der Waals surface area contributed by atoms with Gasteiger partial charge in [0.25, 0.3) is 0 Å². The second kappa shape index (κ2) is 3.46. The Morgan fingerprint density at radius 1 is 1.50 bits per heavy atom. The van der Waals surface area contributed by atoms with Crippen molar-refractivity contribution in [1.29, 1.82) is 0 Å². The Morgan fingerprint density at radius 3 is 2.90 bits per heavy atom. The Balaban J connectivity index is 2.37. The molecule has 0 aromatic rings. The van der Waals surface area contributed by atoms with Crippen LogP contribution in [0, 0.1) is 12.1 Å². The first kappa shape index (κ1) is 7.40. The standard InChI is InChI=1S/C8H14N2/c1-7-3-2-4-8(5-7)10-6-9/h7-9H,2-5H2,1H3/p+1. The van der Waals surface area contributed by atoms with Gasteiger partial charge in [0.1, 0.15) is 0 Å². The zero-order valence-corrected chi connectivity index (χ0v) is 6.51. The van der Waals surface area contributed by atoms with Crippen molar-refractivity contribution >= 4 is 0 Å². The Labute approximate surface area is 62.2 Å². The fourth-order valence-electron chi connectivity index (χ4n) is 1.62. The molecule has 0 saturated heterocycles. The predicted molar refractivity (Wildman–Crippen MR) is 42.9 cm³/mol. The van der Waals surface area contributed by atoms with Crippen LogP contribution in [0.4, 0.5) is 0 Å². The van der Waals surface area contributed by atoms with Gasteiger partial charge in [-0.15, -0.1) is 0 Å². The molecule has 2 N–H and O–H groups in total. The first-order chi connectivity index (χ1) is 4.83. The number of hydrogen-bond donors (Lipinski definition) is 1. The summed E-state index contributed by atoms with van der Waals surface area (Å²) in [5, 5.41) is 0. The van der Waals surface area contributed by atoms with Gasteiger partial charge < -0.3 is 0 Å². The van der Waals surface area contributed by atoms with E-state index in [4.69, 9.17) is 5.73 Å². The van der Waals surface area contributed by atoms with Crippen LogP contribution >= 0.6 is 0 Å². The molecular formula is C8H15N2+. The number of hydrogen-bond acceptors (Lipinski definition) is 1. The molecule has 0 heterocycles. The molecule has 0 spiro atoms. The molecule has 2 heteroatoms. The minimum absolute atomic E-state index is 0.466. The van der Waals surface area contributed by atoms with E-state index in [1.165, 1.54) is 25.7 Å². The average Bonchev–Trinajstić information content (AvgIpc) is 1.88. The van der Waals surface area contributed by atoms with Crippen molar-refractivity contribution in [2.24, 2.45) is 11.7 Å². The van der Waals surface area contributed by atoms with E-state index in [2.05, 4.69) is 18.0 Å². The van der Waals surface area contributed by atoms with Crippen LogP contribution in [0.3, 0.4) is 0 Å². The summed E-state index contributed by atoms with van der Waals surface area (Å²) in [4.78, 5) is 4.06. The lowest BCUT2D eigenvalue weighted by Crippen LogP contribution is -2.14. The summed E-state index contributed by atoms with van der Waals surface area (Å²) in [7, 11) is 0. The van der Waals surface area contributed by atoms with Gasteiger partial charge in [-0.1, -0.05) is 13.3 Å². The highest BCUT2D eigenvalue weighted by atomic mass is 14.8. The maximum atomic E-state index is 5.09. The highest BCUT2D eigenvalue weighted by molar-refractivity contribution is 4.91. The van der Waals surface area contributed by atoms with Gasteiger partial charge in [-0.2, -0.15) is 4.85 Å². The van der Waals surface area contributed by atoms with Gasteiger partial charge in [0, 0.05) is 12.8 Å². The second-order valence-corrected chi connectivity index (χ2v) is 3.18. The molecule has 2 atom stereocenters. The number of nitrogens with zero attached hydrogens (tertiary/aromatic N) is 1. The first-order valence-corrected chi connectivity index (χ1v) is 3.98. The van der Waals surface area contributed by atoms with Gasteiger partial charge >= 0.3 is 6.19 Å². The van der Waals surface area contributed by atoms with Crippen LogP contribution in [0.1, 0.15) is 32.6 Å². The Hall–Kier alpha value is -0.710. The molecule has 1 rings (SSSR count). The molecule has 0 aromatic carbocycles. The average molecular weight is 139 g/mol. The maximum absolute atomic E-state index is 5.09. The zero-order valence-electron chi connectivity index (χ0n) is 6.51. The van der Waals surface area contributed by atoms with E-state index < -0.39 is 0 Å². The summed E-state index contributed by atoms with van der Waals surface area (Å²) in [5.74, 6) is 0.829. The number of nitrogens with two attached hydrogens (primary N) is 1. The van der Waals surface area contributed by atoms with Crippen LogP contribution in [-0.2, 0) is 0 Å². The van der Waals surface area contributed by atoms with Crippen LogP contribution in [0.15, 0.2) is 0 Å². The summed E-state index contributed by atoms with van der Waals surface area (Å²) in [6, 6.07) is 0.466. The molecule has 1 aliphatic rings. The Kier molecular flexibility index (Phi) is 2.56. The monoisotopic (exact) mass is 139 g/mol. The smallest absolute Gasteiger partial charge is 0.236 e. The van der Waals surface area contributed by atoms with E-state index in [1.807, 2.05) is 0 Å². The fraction of sp³-hybridized carbons (Fsp3) is 0.875. The van der Waals surface area contributed by atoms with Crippen molar-refractivity contribution in [3.05, 3.63) is 4.85 Å². The van der Waals surface area contributed by atoms with E-state index in [9.17, 15) is 0 Å². The molecule has 2 nitrogen and oxygen atoms in total. The normalized spacial score (nSPS) is 32.5. The predicted octanol–water partition coefficient (Wildman–Crippen LogP) is 1.81. The van der Waals surface area contributed by atoms with Gasteiger partial charge in [-0.05, 0) is 12.3 Å². The molecule has 0 aliphatic heterocycles. The lowest BCUT2D eigenvalue weighted by Gasteiger charge is -2.18. The third-order valence-electron chi connectivity index (χ3n) is 2.17. The van der Waals surface area contributed by atoms with Crippen LogP contribution in [0.2, 0.25) is 0 Å². The van der Waals surface area contributed by atoms with Crippen LogP contribution in [0.5, 0.6) is 0 Å². The maximum Gasteiger partial charge on any atom is 0.366 e. The molecule has 10 heavy (non-hydrogen) atoms. The van der Waals surface area contributed by atoms with Gasteiger partial charge in [-0.25, -0.2) is 5.73 Å². The molecule has 56 valence electrons. The van der Waals surface area contributed by atoms with Crippen molar-refractivity contribution in [2.75, 3.05) is 0 Å². The summed E-state index contributed by atoms with van der Waals surface area (Å²) in [6.45, 7) is 2.28. The van der Waals surface area contributed by atoms with Crippen LogP contribution in [0.25, 0.3) is 4.85 Å². The third-order valence-corrected chi connectivity index (χ3v) is 2.17. The topological polar surface area (TPSA) is 30.4 Å². The van der Waals surface area contributed by atoms with Crippen LogP contribution < -0.4 is 5.73 Å². The van der Waals surface area contributed by atoms with Crippen molar-refractivity contribution in [2.45, 2.75) is 38.6 Å². The summed E-state index contributed by atoms with van der Waals surface area (Å²) < 4.78 is 0. The quantitative estimate of drug-likeness (QED) is 0.402. The van der Waals surface area contributed by atoms with E-state index in [-0.39, 0.29) is 0 Å². The largest absolute Gasteiger partial charge is 0.366 e. The lowest BCUT2D eigenvalue weighted by atomic mass is 9.87. The molecule has 1 saturated carbocycles. The first-order valence-electron chi connectivity index (χ1n) is 3.98. The molecule has 1 aliphatic carbocycles. The van der Waals surface area contributed by atoms with E-state index in [0.29, 0.717) is 6.04 Å². The van der Waals surface area contributed by atoms with Gasteiger partial charge in [-0.3, -0.25) is 0 Å². The SMILES string of the molecule is CC1CCCC([N+]#CN)C1. The summed E-state index contributed by atoms with van der Waals surface area (Å²) in [5.41, 5.74) is 5.09. The minimum atomic E-state index is 0.466. The Morgan fingerprint density at radius 2 is 2.30 bits per heavy atom. The molecule has 1 fully saturated rings. The molecule has 0 bridgehead atoms. The highest BCUT2D eigenvalue weighted by Gasteiger charge is 2.21. The van der Waals surface area contributed by atoms with Crippen molar-refractivity contribution in [3.63, 3.8) is 0 Å². The van der Waals surface area contributed by atoms with E-state index in [1.54, 1.807) is 0 Å². The van der Waals surface area contributed by atoms with Crippen molar-refractivity contribution in [3.8, 4) is 6.19 Å². The van der Waals surface area contributed by atoms with Crippen LogP contribution in [-0.4, -0.2) is 6.04 Å². The highest BCUT2D eigenvalue weighted by Crippen LogP contribution is 2.25. The summed E-state index contributed by atoms with van der Waals surface area (Å²) >= 11 is 0.